The predicted octanol–water partition coefficient (Wildman–Crippen LogP) is 3.16. The zero-order valence-electron chi connectivity index (χ0n) is 23.1. The highest BCUT2D eigenvalue weighted by Crippen LogP contribution is 2.49. The number of nitrogens with zero attached hydrogens (tertiary/aromatic N) is 4. The summed E-state index contributed by atoms with van der Waals surface area (Å²) < 4.78 is 79.3. The maximum Gasteiger partial charge on any atom is 0.459 e. The number of carbonyl (C=O) groups is 1. The van der Waals surface area contributed by atoms with Crippen molar-refractivity contribution in [1.82, 2.24) is 24.6 Å². The van der Waals surface area contributed by atoms with E-state index in [0.29, 0.717) is 0 Å². The number of imidazole rings is 1. The summed E-state index contributed by atoms with van der Waals surface area (Å²) in [6.45, 7) is 2.18. The number of hydrogen-bond donors (Lipinski definition) is 4. The summed E-state index contributed by atoms with van der Waals surface area (Å²) in [6.07, 6.45) is -7.67. The number of aliphatic hydroxyl groups excluding tert-OH is 1. The van der Waals surface area contributed by atoms with Gasteiger partial charge in [-0.05, 0) is 38.8 Å². The highest BCUT2D eigenvalue weighted by Gasteiger charge is 2.59. The van der Waals surface area contributed by atoms with Crippen molar-refractivity contribution in [2.24, 2.45) is 5.92 Å². The molecule has 18 heteroatoms. The first kappa shape index (κ1) is 30.9. The maximum absolute atomic E-state index is 14.3. The number of nitrogens with two attached hydrogens (primary N) is 1. The molecule has 0 radical (unpaired) electrons. The van der Waals surface area contributed by atoms with Gasteiger partial charge in [0, 0.05) is 6.04 Å². The molecule has 2 aromatic heterocycles. The summed E-state index contributed by atoms with van der Waals surface area (Å²) >= 11 is 0. The average Bonchev–Trinajstić information content (AvgIpc) is 3.54. The first-order chi connectivity index (χ1) is 20.4. The van der Waals surface area contributed by atoms with Crippen LogP contribution in [0, 0.1) is 5.92 Å². The smallest absolute Gasteiger partial charge is 0.459 e. The van der Waals surface area contributed by atoms with E-state index in [1.165, 1.54) is 19.1 Å². The minimum atomic E-state index is -4.94. The molecule has 3 aromatic rings. The second-order valence-corrected chi connectivity index (χ2v) is 11.8. The molecule has 2 fully saturated rings. The van der Waals surface area contributed by atoms with Gasteiger partial charge in [-0.3, -0.25) is 13.9 Å². The van der Waals surface area contributed by atoms with Crippen molar-refractivity contribution in [2.45, 2.75) is 63.4 Å². The quantitative estimate of drug-likeness (QED) is 0.169. The van der Waals surface area contributed by atoms with E-state index >= 15 is 0 Å². The number of anilines is 2. The Balaban J connectivity index is 1.40. The zero-order chi connectivity index (χ0) is 30.9. The van der Waals surface area contributed by atoms with Crippen LogP contribution in [0.3, 0.4) is 0 Å². The van der Waals surface area contributed by atoms with Crippen LogP contribution in [-0.2, 0) is 23.4 Å². The molecule has 1 aromatic carbocycles. The molecule has 0 bridgehead atoms. The van der Waals surface area contributed by atoms with E-state index in [2.05, 4.69) is 25.4 Å². The van der Waals surface area contributed by atoms with Crippen LogP contribution in [0.5, 0.6) is 5.75 Å². The second kappa shape index (κ2) is 12.2. The van der Waals surface area contributed by atoms with Gasteiger partial charge >= 0.3 is 19.9 Å². The predicted molar refractivity (Wildman–Crippen MR) is 146 cm³/mol. The Labute approximate surface area is 243 Å². The van der Waals surface area contributed by atoms with Gasteiger partial charge in [0.1, 0.15) is 23.8 Å². The number of esters is 1. The Kier molecular flexibility index (Phi) is 8.81. The van der Waals surface area contributed by atoms with Crippen molar-refractivity contribution in [2.75, 3.05) is 24.3 Å². The van der Waals surface area contributed by atoms with Crippen LogP contribution in [0.15, 0.2) is 36.7 Å². The van der Waals surface area contributed by atoms with Crippen LogP contribution in [0.2, 0.25) is 0 Å². The standard InChI is InChI=1S/C25H31F3N7O7P/c1-3-39-23(37)13(2)34-43(38,42-15-7-5-4-6-8-15)40-11-16-19(36)17(25(26,27)28)22(41-16)35-12-30-18-20(31-14-9-10-14)32-24(29)33-21(18)35/h4-8,12-14,16-17,19,22,36H,3,9-11H2,1-2H3,(H,34,38)(H3,29,31,32,33)/t13-,16-,17+,19-,22-,43-/m1/s1. The van der Waals surface area contributed by atoms with Crippen LogP contribution < -0.4 is 20.7 Å². The van der Waals surface area contributed by atoms with Gasteiger partial charge in [-0.15, -0.1) is 0 Å². The molecule has 1 aliphatic carbocycles. The SMILES string of the molecule is CCOC(=O)[C@@H](C)N[P@@](=O)(OC[C@H]1O[C@@H](n2cnc3c(NC4CC4)nc(N)nc32)[C@@H](C(F)(F)F)[C@@H]1O)Oc1ccccc1. The fourth-order valence-electron chi connectivity index (χ4n) is 4.56. The van der Waals surface area contributed by atoms with E-state index in [4.69, 9.17) is 24.3 Å². The van der Waals surface area contributed by atoms with Crippen LogP contribution in [0.25, 0.3) is 11.2 Å². The van der Waals surface area contributed by atoms with E-state index < -0.39 is 56.9 Å². The van der Waals surface area contributed by atoms with Crippen molar-refractivity contribution in [3.05, 3.63) is 36.7 Å². The van der Waals surface area contributed by atoms with Gasteiger partial charge in [0.15, 0.2) is 23.2 Å². The number of halogens is 3. The third kappa shape index (κ3) is 7.02. The van der Waals surface area contributed by atoms with Crippen LogP contribution in [-0.4, -0.2) is 74.3 Å². The molecule has 5 rings (SSSR count). The Morgan fingerprint density at radius 1 is 1.28 bits per heavy atom. The summed E-state index contributed by atoms with van der Waals surface area (Å²) in [4.78, 5) is 24.6. The summed E-state index contributed by atoms with van der Waals surface area (Å²) in [7, 11) is -4.44. The molecule has 0 amide bonds. The maximum atomic E-state index is 14.3. The minimum absolute atomic E-state index is 0.0355. The lowest BCUT2D eigenvalue weighted by molar-refractivity contribution is -0.210. The number of aromatic nitrogens is 4. The molecule has 5 N–H and O–H groups in total. The van der Waals surface area contributed by atoms with Gasteiger partial charge in [-0.1, -0.05) is 18.2 Å². The number of benzene rings is 1. The lowest BCUT2D eigenvalue weighted by atomic mass is 9.99. The fourth-order valence-corrected chi connectivity index (χ4v) is 6.06. The van der Waals surface area contributed by atoms with Gasteiger partial charge in [0.25, 0.3) is 0 Å². The monoisotopic (exact) mass is 629 g/mol. The molecule has 1 saturated heterocycles. The van der Waals surface area contributed by atoms with Crippen LogP contribution in [0.4, 0.5) is 24.9 Å². The molecule has 1 aliphatic heterocycles. The van der Waals surface area contributed by atoms with Crippen molar-refractivity contribution in [3.8, 4) is 5.75 Å². The number of para-hydroxylation sites is 1. The third-order valence-electron chi connectivity index (χ3n) is 6.75. The number of fused-ring (bicyclic) bond motifs is 1. The number of nitrogen functional groups attached to an aromatic ring is 1. The molecule has 234 valence electrons. The van der Waals surface area contributed by atoms with Gasteiger partial charge in [-0.25, -0.2) is 9.55 Å². The number of rotatable bonds is 12. The van der Waals surface area contributed by atoms with Gasteiger partial charge in [0.2, 0.25) is 5.95 Å². The fraction of sp³-hybridized carbons (Fsp3) is 0.520. The topological polar surface area (TPSA) is 185 Å². The summed E-state index contributed by atoms with van der Waals surface area (Å²) in [6, 6.07) is 6.76. The number of ether oxygens (including phenoxy) is 2. The lowest BCUT2D eigenvalue weighted by Crippen LogP contribution is -2.39. The Morgan fingerprint density at radius 3 is 2.65 bits per heavy atom. The molecule has 3 heterocycles. The molecular formula is C25H31F3N7O7P. The van der Waals surface area contributed by atoms with Crippen molar-refractivity contribution in [3.63, 3.8) is 0 Å². The molecule has 1 saturated carbocycles. The lowest BCUT2D eigenvalue weighted by Gasteiger charge is -2.25. The Hall–Kier alpha value is -3.50. The molecular weight excluding hydrogens is 598 g/mol. The second-order valence-electron chi connectivity index (χ2n) is 10.1. The van der Waals surface area contributed by atoms with E-state index in [1.54, 1.807) is 25.1 Å². The number of carbonyl (C=O) groups excluding carboxylic acids is 1. The van der Waals surface area contributed by atoms with Gasteiger partial charge in [-0.2, -0.15) is 28.2 Å². The van der Waals surface area contributed by atoms with E-state index in [9.17, 15) is 27.6 Å². The molecule has 0 spiro atoms. The highest BCUT2D eigenvalue weighted by atomic mass is 31.2. The minimum Gasteiger partial charge on any atom is -0.465 e. The number of nitrogens with one attached hydrogen (secondary N) is 2. The summed E-state index contributed by atoms with van der Waals surface area (Å²) in [5, 5.41) is 16.4. The van der Waals surface area contributed by atoms with Crippen molar-refractivity contribution >= 4 is 36.6 Å². The first-order valence-electron chi connectivity index (χ1n) is 13.5. The van der Waals surface area contributed by atoms with E-state index in [1.807, 2.05) is 0 Å². The van der Waals surface area contributed by atoms with E-state index in [-0.39, 0.29) is 41.3 Å². The van der Waals surface area contributed by atoms with Crippen LogP contribution in [0.1, 0.15) is 32.9 Å². The summed E-state index contributed by atoms with van der Waals surface area (Å²) in [5.41, 5.74) is 5.98. The van der Waals surface area contributed by atoms with Crippen LogP contribution >= 0.6 is 7.75 Å². The highest BCUT2D eigenvalue weighted by molar-refractivity contribution is 7.52. The Bertz CT molecular complexity index is 1490. The third-order valence-corrected chi connectivity index (χ3v) is 8.39. The summed E-state index contributed by atoms with van der Waals surface area (Å²) in [5.74, 6) is -3.05. The number of aliphatic hydroxyl groups is 1. The molecule has 2 aliphatic rings. The molecule has 6 atom stereocenters. The average molecular weight is 630 g/mol. The van der Waals surface area contributed by atoms with Gasteiger partial charge < -0.3 is 30.2 Å². The number of alkyl halides is 3. The van der Waals surface area contributed by atoms with E-state index in [0.717, 1.165) is 23.7 Å². The Morgan fingerprint density at radius 2 is 2.00 bits per heavy atom. The molecule has 43 heavy (non-hydrogen) atoms. The van der Waals surface area contributed by atoms with Crippen molar-refractivity contribution < 1.29 is 46.2 Å². The zero-order valence-corrected chi connectivity index (χ0v) is 24.0. The normalized spacial score (nSPS) is 24.4. The molecule has 0 unspecified atom stereocenters. The van der Waals surface area contributed by atoms with Crippen molar-refractivity contribution in [1.29, 1.82) is 0 Å². The largest absolute Gasteiger partial charge is 0.465 e. The number of hydrogen-bond acceptors (Lipinski definition) is 12. The first-order valence-corrected chi connectivity index (χ1v) is 15.0. The van der Waals surface area contributed by atoms with Gasteiger partial charge in [0.05, 0.1) is 25.6 Å². The molecule has 14 nitrogen and oxygen atoms in total.